The Morgan fingerprint density at radius 1 is 1.31 bits per heavy atom. The second-order valence-electron chi connectivity index (χ2n) is 3.58. The predicted molar refractivity (Wildman–Crippen MR) is 59.6 cm³/mol. The Kier molecular flexibility index (Phi) is 3.26. The molecule has 0 spiro atoms. The summed E-state index contributed by atoms with van der Waals surface area (Å²) in [5.41, 5.74) is 7.22. The van der Waals surface area contributed by atoms with E-state index in [0.717, 1.165) is 24.1 Å². The van der Waals surface area contributed by atoms with Crippen molar-refractivity contribution in [1.82, 2.24) is 15.2 Å². The molecular weight excluding hydrogens is 204 g/mol. The number of rotatable bonds is 4. The van der Waals surface area contributed by atoms with Crippen molar-refractivity contribution in [3.63, 3.8) is 0 Å². The van der Waals surface area contributed by atoms with E-state index in [1.807, 2.05) is 19.1 Å². The molecule has 0 fully saturated rings. The van der Waals surface area contributed by atoms with Gasteiger partial charge in [-0.05, 0) is 32.0 Å². The summed E-state index contributed by atoms with van der Waals surface area (Å²) in [7, 11) is 0. The number of hydrogen-bond donors (Lipinski definition) is 1. The predicted octanol–water partition coefficient (Wildman–Crippen LogP) is 1.33. The molecule has 0 aliphatic carbocycles. The Morgan fingerprint density at radius 3 is 2.88 bits per heavy atom. The van der Waals surface area contributed by atoms with E-state index in [1.165, 1.54) is 0 Å². The Labute approximate surface area is 93.7 Å². The summed E-state index contributed by atoms with van der Waals surface area (Å²) in [5.74, 6) is 1.14. The molecule has 0 amide bonds. The van der Waals surface area contributed by atoms with Crippen molar-refractivity contribution in [1.29, 1.82) is 0 Å². The third kappa shape index (κ3) is 2.43. The van der Waals surface area contributed by atoms with Crippen LogP contribution >= 0.6 is 0 Å². The zero-order valence-corrected chi connectivity index (χ0v) is 9.18. The van der Waals surface area contributed by atoms with E-state index in [2.05, 4.69) is 15.2 Å². The third-order valence-electron chi connectivity index (χ3n) is 2.22. The zero-order chi connectivity index (χ0) is 11.4. The molecule has 2 N–H and O–H groups in total. The van der Waals surface area contributed by atoms with Gasteiger partial charge in [-0.15, -0.1) is 10.2 Å². The lowest BCUT2D eigenvalue weighted by Crippen LogP contribution is -2.00. The quantitative estimate of drug-likeness (QED) is 0.837. The molecule has 2 rings (SSSR count). The first-order valence-corrected chi connectivity index (χ1v) is 5.25. The maximum absolute atomic E-state index is 5.49. The van der Waals surface area contributed by atoms with Gasteiger partial charge in [0.2, 0.25) is 11.8 Å². The molecule has 0 aliphatic heterocycles. The van der Waals surface area contributed by atoms with Crippen LogP contribution in [-0.2, 0) is 6.42 Å². The summed E-state index contributed by atoms with van der Waals surface area (Å²) in [6.45, 7) is 2.56. The first kappa shape index (κ1) is 10.8. The first-order valence-electron chi connectivity index (χ1n) is 5.25. The molecule has 0 aromatic carbocycles. The minimum Gasteiger partial charge on any atom is -0.421 e. The zero-order valence-electron chi connectivity index (χ0n) is 9.18. The molecule has 0 saturated carbocycles. The van der Waals surface area contributed by atoms with Crippen LogP contribution < -0.4 is 5.73 Å². The number of aromatic nitrogens is 3. The minimum absolute atomic E-state index is 0.513. The van der Waals surface area contributed by atoms with Crippen molar-refractivity contribution < 1.29 is 4.42 Å². The Balaban J connectivity index is 2.15. The van der Waals surface area contributed by atoms with Gasteiger partial charge in [-0.2, -0.15) is 0 Å². The number of nitrogens with two attached hydrogens (primary N) is 1. The number of pyridine rings is 1. The molecule has 0 unspecified atom stereocenters. The highest BCUT2D eigenvalue weighted by Gasteiger charge is 2.07. The molecule has 5 heteroatoms. The average molecular weight is 218 g/mol. The Morgan fingerprint density at radius 2 is 2.19 bits per heavy atom. The minimum atomic E-state index is 0.513. The van der Waals surface area contributed by atoms with E-state index in [0.29, 0.717) is 18.3 Å². The Bertz CT molecular complexity index is 449. The molecule has 0 aliphatic rings. The SMILES string of the molecule is Cc1ccc(-c2nnc(CCCN)o2)cn1. The van der Waals surface area contributed by atoms with E-state index in [1.54, 1.807) is 6.20 Å². The van der Waals surface area contributed by atoms with Gasteiger partial charge in [0.1, 0.15) is 0 Å². The van der Waals surface area contributed by atoms with Crippen molar-refractivity contribution in [3.8, 4) is 11.5 Å². The van der Waals surface area contributed by atoms with Crippen LogP contribution in [0.5, 0.6) is 0 Å². The molecule has 0 saturated heterocycles. The molecule has 2 aromatic rings. The fourth-order valence-electron chi connectivity index (χ4n) is 1.32. The fraction of sp³-hybridized carbons (Fsp3) is 0.364. The van der Waals surface area contributed by atoms with Gasteiger partial charge in [-0.3, -0.25) is 4.98 Å². The molecule has 0 radical (unpaired) electrons. The number of nitrogens with zero attached hydrogens (tertiary/aromatic N) is 3. The molecule has 2 aromatic heterocycles. The summed E-state index contributed by atoms with van der Waals surface area (Å²) in [5, 5.41) is 7.92. The van der Waals surface area contributed by atoms with E-state index in [4.69, 9.17) is 10.2 Å². The highest BCUT2D eigenvalue weighted by molar-refractivity contribution is 5.50. The average Bonchev–Trinajstić information content (AvgIpc) is 2.76. The molecule has 0 atom stereocenters. The second kappa shape index (κ2) is 4.85. The second-order valence-corrected chi connectivity index (χ2v) is 3.58. The smallest absolute Gasteiger partial charge is 0.249 e. The highest BCUT2D eigenvalue weighted by atomic mass is 16.4. The van der Waals surface area contributed by atoms with Crippen LogP contribution in [0.1, 0.15) is 18.0 Å². The number of aryl methyl sites for hydroxylation is 2. The molecule has 0 bridgehead atoms. The van der Waals surface area contributed by atoms with Gasteiger partial charge in [0.25, 0.3) is 0 Å². The molecule has 84 valence electrons. The van der Waals surface area contributed by atoms with Gasteiger partial charge >= 0.3 is 0 Å². The molecule has 16 heavy (non-hydrogen) atoms. The van der Waals surface area contributed by atoms with Crippen LogP contribution in [0.3, 0.4) is 0 Å². The molecule has 5 nitrogen and oxygen atoms in total. The lowest BCUT2D eigenvalue weighted by atomic mass is 10.2. The van der Waals surface area contributed by atoms with E-state index >= 15 is 0 Å². The van der Waals surface area contributed by atoms with Gasteiger partial charge in [-0.1, -0.05) is 0 Å². The summed E-state index contributed by atoms with van der Waals surface area (Å²) in [4.78, 5) is 4.18. The van der Waals surface area contributed by atoms with Gasteiger partial charge in [0.15, 0.2) is 0 Å². The van der Waals surface area contributed by atoms with Crippen LogP contribution in [0.2, 0.25) is 0 Å². The Hall–Kier alpha value is -1.75. The largest absolute Gasteiger partial charge is 0.421 e. The maximum atomic E-state index is 5.49. The monoisotopic (exact) mass is 218 g/mol. The van der Waals surface area contributed by atoms with E-state index in [-0.39, 0.29) is 0 Å². The summed E-state index contributed by atoms with van der Waals surface area (Å²) in [6.07, 6.45) is 3.31. The van der Waals surface area contributed by atoms with Crippen LogP contribution in [-0.4, -0.2) is 21.7 Å². The fourth-order valence-corrected chi connectivity index (χ4v) is 1.32. The summed E-state index contributed by atoms with van der Waals surface area (Å²) < 4.78 is 5.49. The van der Waals surface area contributed by atoms with Crippen LogP contribution in [0, 0.1) is 6.92 Å². The van der Waals surface area contributed by atoms with Crippen molar-refractivity contribution in [3.05, 3.63) is 29.9 Å². The normalized spacial score (nSPS) is 10.6. The van der Waals surface area contributed by atoms with Gasteiger partial charge < -0.3 is 10.2 Å². The summed E-state index contributed by atoms with van der Waals surface area (Å²) in [6, 6.07) is 3.83. The lowest BCUT2D eigenvalue weighted by molar-refractivity contribution is 0.499. The van der Waals surface area contributed by atoms with Gasteiger partial charge in [0, 0.05) is 18.3 Å². The summed E-state index contributed by atoms with van der Waals surface area (Å²) >= 11 is 0. The lowest BCUT2D eigenvalue weighted by Gasteiger charge is -1.94. The van der Waals surface area contributed by atoms with Crippen LogP contribution in [0.15, 0.2) is 22.7 Å². The topological polar surface area (TPSA) is 77.8 Å². The van der Waals surface area contributed by atoms with E-state index < -0.39 is 0 Å². The van der Waals surface area contributed by atoms with Gasteiger partial charge in [-0.25, -0.2) is 0 Å². The third-order valence-corrected chi connectivity index (χ3v) is 2.22. The van der Waals surface area contributed by atoms with Gasteiger partial charge in [0.05, 0.1) is 5.56 Å². The number of hydrogen-bond acceptors (Lipinski definition) is 5. The first-order chi connectivity index (χ1) is 7.79. The van der Waals surface area contributed by atoms with Crippen molar-refractivity contribution in [2.75, 3.05) is 6.54 Å². The highest BCUT2D eigenvalue weighted by Crippen LogP contribution is 2.17. The van der Waals surface area contributed by atoms with Crippen LogP contribution in [0.4, 0.5) is 0 Å². The maximum Gasteiger partial charge on any atom is 0.249 e. The van der Waals surface area contributed by atoms with Crippen molar-refractivity contribution >= 4 is 0 Å². The standard InChI is InChI=1S/C11H14N4O/c1-8-4-5-9(7-13-8)11-15-14-10(16-11)3-2-6-12/h4-5,7H,2-3,6,12H2,1H3. The molecule has 2 heterocycles. The van der Waals surface area contributed by atoms with Crippen LogP contribution in [0.25, 0.3) is 11.5 Å². The van der Waals surface area contributed by atoms with E-state index in [9.17, 15) is 0 Å². The van der Waals surface area contributed by atoms with Crippen molar-refractivity contribution in [2.45, 2.75) is 19.8 Å². The molecular formula is C11H14N4O. The van der Waals surface area contributed by atoms with Crippen molar-refractivity contribution in [2.24, 2.45) is 5.73 Å².